The lowest BCUT2D eigenvalue weighted by Crippen LogP contribution is -2.30. The van der Waals surface area contributed by atoms with E-state index >= 15 is 0 Å². The Bertz CT molecular complexity index is 1400. The molecule has 168 valence electrons. The minimum absolute atomic E-state index is 0.0962. The standard InChI is InChI=1S/C28H23N3O2S/c1-33-24-13-14-25-26(17-24)34-28(30-25)31(19-22-8-5-15-29-18-22)27(32)23-11-9-21(10-12-23)16-20-6-3-2-4-7-20/h2-15,17-18H,16,19H2,1H3. The van der Waals surface area contributed by atoms with Crippen molar-refractivity contribution in [2.24, 2.45) is 0 Å². The number of amides is 1. The molecular weight excluding hydrogens is 442 g/mol. The SMILES string of the molecule is COc1ccc2nc(N(Cc3cccnc3)C(=O)c3ccc(Cc4ccccc4)cc3)sc2c1. The van der Waals surface area contributed by atoms with Crippen LogP contribution in [0.3, 0.4) is 0 Å². The molecule has 0 spiro atoms. The second kappa shape index (κ2) is 9.85. The van der Waals surface area contributed by atoms with E-state index in [2.05, 4.69) is 17.1 Å². The molecule has 5 nitrogen and oxygen atoms in total. The lowest BCUT2D eigenvalue weighted by atomic mass is 10.0. The minimum Gasteiger partial charge on any atom is -0.497 e. The van der Waals surface area contributed by atoms with Gasteiger partial charge in [-0.1, -0.05) is 59.9 Å². The second-order valence-corrected chi connectivity index (χ2v) is 8.95. The van der Waals surface area contributed by atoms with Crippen LogP contribution >= 0.6 is 11.3 Å². The molecule has 6 heteroatoms. The molecule has 2 heterocycles. The number of hydrogen-bond donors (Lipinski definition) is 0. The summed E-state index contributed by atoms with van der Waals surface area (Å²) < 4.78 is 6.32. The molecule has 1 amide bonds. The van der Waals surface area contributed by atoms with E-state index in [-0.39, 0.29) is 5.91 Å². The Balaban J connectivity index is 1.45. The number of fused-ring (bicyclic) bond motifs is 1. The molecule has 0 aliphatic heterocycles. The predicted molar refractivity (Wildman–Crippen MR) is 137 cm³/mol. The van der Waals surface area contributed by atoms with Gasteiger partial charge in [-0.25, -0.2) is 4.98 Å². The highest BCUT2D eigenvalue weighted by atomic mass is 32.1. The van der Waals surface area contributed by atoms with Crippen molar-refractivity contribution in [1.82, 2.24) is 9.97 Å². The fraction of sp³-hybridized carbons (Fsp3) is 0.107. The molecule has 0 atom stereocenters. The second-order valence-electron chi connectivity index (χ2n) is 7.94. The van der Waals surface area contributed by atoms with E-state index in [4.69, 9.17) is 9.72 Å². The predicted octanol–water partition coefficient (Wildman–Crippen LogP) is 6.14. The third kappa shape index (κ3) is 4.82. The average Bonchev–Trinajstić information content (AvgIpc) is 3.31. The molecule has 0 saturated carbocycles. The van der Waals surface area contributed by atoms with Crippen molar-refractivity contribution in [3.63, 3.8) is 0 Å². The maximum atomic E-state index is 13.7. The lowest BCUT2D eigenvalue weighted by Gasteiger charge is -2.20. The molecule has 0 aliphatic carbocycles. The molecule has 0 N–H and O–H groups in total. The number of ether oxygens (including phenoxy) is 1. The first-order valence-electron chi connectivity index (χ1n) is 11.0. The number of thiazole rings is 1. The van der Waals surface area contributed by atoms with Gasteiger partial charge in [0.15, 0.2) is 5.13 Å². The van der Waals surface area contributed by atoms with Crippen LogP contribution in [0.2, 0.25) is 0 Å². The first kappa shape index (κ1) is 21.8. The quantitative estimate of drug-likeness (QED) is 0.290. The van der Waals surface area contributed by atoms with E-state index in [1.807, 2.05) is 72.8 Å². The van der Waals surface area contributed by atoms with Crippen molar-refractivity contribution in [3.8, 4) is 5.75 Å². The van der Waals surface area contributed by atoms with Crippen LogP contribution in [0.5, 0.6) is 5.75 Å². The normalized spacial score (nSPS) is 10.9. The molecule has 3 aromatic carbocycles. The van der Waals surface area contributed by atoms with Gasteiger partial charge in [0, 0.05) is 18.0 Å². The van der Waals surface area contributed by atoms with Gasteiger partial charge in [-0.3, -0.25) is 14.7 Å². The third-order valence-electron chi connectivity index (χ3n) is 5.58. The van der Waals surface area contributed by atoms with Crippen molar-refractivity contribution in [2.45, 2.75) is 13.0 Å². The Labute approximate surface area is 202 Å². The van der Waals surface area contributed by atoms with Crippen LogP contribution in [0.1, 0.15) is 27.0 Å². The molecule has 5 aromatic rings. The first-order valence-corrected chi connectivity index (χ1v) is 11.8. The molecule has 2 aromatic heterocycles. The summed E-state index contributed by atoms with van der Waals surface area (Å²) in [6.45, 7) is 0.384. The lowest BCUT2D eigenvalue weighted by molar-refractivity contribution is 0.0985. The van der Waals surface area contributed by atoms with Gasteiger partial charge in [-0.05, 0) is 59.5 Å². The summed E-state index contributed by atoms with van der Waals surface area (Å²) in [6.07, 6.45) is 4.33. The summed E-state index contributed by atoms with van der Waals surface area (Å²) in [4.78, 5) is 24.4. The maximum Gasteiger partial charge on any atom is 0.260 e. The summed E-state index contributed by atoms with van der Waals surface area (Å²) in [5, 5.41) is 0.644. The topological polar surface area (TPSA) is 55.3 Å². The Morgan fingerprint density at radius 2 is 1.68 bits per heavy atom. The van der Waals surface area contributed by atoms with Gasteiger partial charge in [-0.2, -0.15) is 0 Å². The van der Waals surface area contributed by atoms with Gasteiger partial charge >= 0.3 is 0 Å². The minimum atomic E-state index is -0.0962. The summed E-state index contributed by atoms with van der Waals surface area (Å²) >= 11 is 1.48. The molecule has 0 aliphatic rings. The summed E-state index contributed by atoms with van der Waals surface area (Å²) in [7, 11) is 1.64. The molecule has 5 rings (SSSR count). The molecule has 0 saturated heterocycles. The number of pyridine rings is 1. The van der Waals surface area contributed by atoms with Gasteiger partial charge in [0.2, 0.25) is 0 Å². The van der Waals surface area contributed by atoms with E-state index in [1.165, 1.54) is 16.9 Å². The molecular formula is C28H23N3O2S. The number of carbonyl (C=O) groups is 1. The van der Waals surface area contributed by atoms with Gasteiger partial charge < -0.3 is 4.74 Å². The zero-order chi connectivity index (χ0) is 23.3. The van der Waals surface area contributed by atoms with Crippen LogP contribution in [0.15, 0.2) is 97.3 Å². The van der Waals surface area contributed by atoms with Crippen molar-refractivity contribution < 1.29 is 9.53 Å². The van der Waals surface area contributed by atoms with E-state index in [0.717, 1.165) is 33.5 Å². The Morgan fingerprint density at radius 1 is 0.912 bits per heavy atom. The van der Waals surface area contributed by atoms with Crippen LogP contribution in [-0.4, -0.2) is 23.0 Å². The number of aromatic nitrogens is 2. The number of methoxy groups -OCH3 is 1. The zero-order valence-electron chi connectivity index (χ0n) is 18.7. The fourth-order valence-electron chi connectivity index (χ4n) is 3.79. The smallest absolute Gasteiger partial charge is 0.260 e. The van der Waals surface area contributed by atoms with E-state index in [9.17, 15) is 4.79 Å². The number of benzene rings is 3. The number of anilines is 1. The summed E-state index contributed by atoms with van der Waals surface area (Å²) in [5.74, 6) is 0.669. The van der Waals surface area contributed by atoms with Gasteiger partial charge in [-0.15, -0.1) is 0 Å². The number of hydrogen-bond acceptors (Lipinski definition) is 5. The van der Waals surface area contributed by atoms with Crippen molar-refractivity contribution in [3.05, 3.63) is 120 Å². The Hall–Kier alpha value is -4.03. The monoisotopic (exact) mass is 465 g/mol. The fourth-order valence-corrected chi connectivity index (χ4v) is 4.78. The first-order chi connectivity index (χ1) is 16.7. The molecule has 0 unspecified atom stereocenters. The molecule has 34 heavy (non-hydrogen) atoms. The van der Waals surface area contributed by atoms with Crippen molar-refractivity contribution in [1.29, 1.82) is 0 Å². The van der Waals surface area contributed by atoms with E-state index in [0.29, 0.717) is 17.2 Å². The third-order valence-corrected chi connectivity index (χ3v) is 6.62. The van der Waals surface area contributed by atoms with Crippen LogP contribution in [0, 0.1) is 0 Å². The number of carbonyl (C=O) groups excluding carboxylic acids is 1. The number of rotatable bonds is 7. The maximum absolute atomic E-state index is 13.7. The van der Waals surface area contributed by atoms with Crippen LogP contribution in [0.4, 0.5) is 5.13 Å². The average molecular weight is 466 g/mol. The Kier molecular flexibility index (Phi) is 6.31. The molecule has 0 fully saturated rings. The number of nitrogens with zero attached hydrogens (tertiary/aromatic N) is 3. The van der Waals surface area contributed by atoms with Crippen LogP contribution in [-0.2, 0) is 13.0 Å². The summed E-state index contributed by atoms with van der Waals surface area (Å²) in [6, 6.07) is 27.7. The van der Waals surface area contributed by atoms with Crippen molar-refractivity contribution in [2.75, 3.05) is 12.0 Å². The van der Waals surface area contributed by atoms with Gasteiger partial charge in [0.05, 0.1) is 23.9 Å². The van der Waals surface area contributed by atoms with Gasteiger partial charge in [0.25, 0.3) is 5.91 Å². The molecule has 0 bridgehead atoms. The largest absolute Gasteiger partial charge is 0.497 e. The van der Waals surface area contributed by atoms with Crippen LogP contribution < -0.4 is 9.64 Å². The highest BCUT2D eigenvalue weighted by Gasteiger charge is 2.22. The van der Waals surface area contributed by atoms with Crippen LogP contribution in [0.25, 0.3) is 10.2 Å². The van der Waals surface area contributed by atoms with E-state index in [1.54, 1.807) is 24.4 Å². The highest BCUT2D eigenvalue weighted by Crippen LogP contribution is 2.33. The molecule has 0 radical (unpaired) electrons. The van der Waals surface area contributed by atoms with E-state index < -0.39 is 0 Å². The van der Waals surface area contributed by atoms with Crippen molar-refractivity contribution >= 4 is 32.6 Å². The summed E-state index contributed by atoms with van der Waals surface area (Å²) in [5.41, 5.74) is 4.80. The zero-order valence-corrected chi connectivity index (χ0v) is 19.5. The Morgan fingerprint density at radius 3 is 2.41 bits per heavy atom. The van der Waals surface area contributed by atoms with Gasteiger partial charge in [0.1, 0.15) is 5.75 Å². The highest BCUT2D eigenvalue weighted by molar-refractivity contribution is 7.22.